The number of anilines is 1. The number of nitrogens with zero attached hydrogens (tertiary/aromatic N) is 4. The van der Waals surface area contributed by atoms with E-state index in [2.05, 4.69) is 19.8 Å². The molecule has 2 aromatic heterocycles. The van der Waals surface area contributed by atoms with Gasteiger partial charge in [-0.15, -0.1) is 5.10 Å². The normalized spacial score (nSPS) is 10.2. The maximum atomic E-state index is 11.2. The number of esters is 1. The van der Waals surface area contributed by atoms with E-state index in [9.17, 15) is 4.79 Å². The van der Waals surface area contributed by atoms with E-state index in [1.807, 2.05) is 0 Å². The standard InChI is InChI=1S/C9H8ClN5O2/c1-17-9(16)8-12-4-15(14-8)7-3-5(11)2-6(10)13-7/h2-4H,1H3,(H2,11,13). The second-order valence-electron chi connectivity index (χ2n) is 3.09. The Morgan fingerprint density at radius 3 is 2.94 bits per heavy atom. The first-order valence-corrected chi connectivity index (χ1v) is 4.91. The highest BCUT2D eigenvalue weighted by molar-refractivity contribution is 6.29. The molecule has 0 aliphatic heterocycles. The van der Waals surface area contributed by atoms with E-state index in [4.69, 9.17) is 17.3 Å². The summed E-state index contributed by atoms with van der Waals surface area (Å²) < 4.78 is 5.77. The van der Waals surface area contributed by atoms with Gasteiger partial charge in [0, 0.05) is 11.8 Å². The zero-order valence-electron chi connectivity index (χ0n) is 8.79. The molecule has 2 N–H and O–H groups in total. The van der Waals surface area contributed by atoms with Gasteiger partial charge < -0.3 is 10.5 Å². The molecule has 0 atom stereocenters. The van der Waals surface area contributed by atoms with Crippen LogP contribution in [0.2, 0.25) is 5.15 Å². The Morgan fingerprint density at radius 2 is 2.29 bits per heavy atom. The summed E-state index contributed by atoms with van der Waals surface area (Å²) in [4.78, 5) is 18.9. The van der Waals surface area contributed by atoms with Crippen molar-refractivity contribution < 1.29 is 9.53 Å². The number of nitrogen functional groups attached to an aromatic ring is 1. The van der Waals surface area contributed by atoms with Crippen molar-refractivity contribution in [1.29, 1.82) is 0 Å². The van der Waals surface area contributed by atoms with Crippen LogP contribution in [0.3, 0.4) is 0 Å². The van der Waals surface area contributed by atoms with Crippen LogP contribution in [0.5, 0.6) is 0 Å². The molecule has 0 aliphatic carbocycles. The van der Waals surface area contributed by atoms with Gasteiger partial charge in [-0.3, -0.25) is 0 Å². The third-order valence-corrected chi connectivity index (χ3v) is 2.09. The van der Waals surface area contributed by atoms with Gasteiger partial charge in [-0.1, -0.05) is 11.6 Å². The Morgan fingerprint density at radius 1 is 1.53 bits per heavy atom. The minimum Gasteiger partial charge on any atom is -0.463 e. The third kappa shape index (κ3) is 2.34. The molecular formula is C9H8ClN5O2. The van der Waals surface area contributed by atoms with Crippen molar-refractivity contribution in [3.8, 4) is 5.82 Å². The van der Waals surface area contributed by atoms with Crippen LogP contribution in [0.1, 0.15) is 10.6 Å². The van der Waals surface area contributed by atoms with Gasteiger partial charge in [0.25, 0.3) is 5.82 Å². The number of aromatic nitrogens is 4. The summed E-state index contributed by atoms with van der Waals surface area (Å²) in [7, 11) is 1.25. The Bertz CT molecular complexity index is 548. The van der Waals surface area contributed by atoms with Crippen molar-refractivity contribution in [2.45, 2.75) is 0 Å². The Hall–Kier alpha value is -2.15. The molecule has 0 radical (unpaired) electrons. The first kappa shape index (κ1) is 11.3. The van der Waals surface area contributed by atoms with E-state index >= 15 is 0 Å². The van der Waals surface area contributed by atoms with Gasteiger partial charge in [-0.05, 0) is 6.07 Å². The lowest BCUT2D eigenvalue weighted by atomic mass is 10.4. The minimum absolute atomic E-state index is 0.0622. The molecule has 0 aliphatic rings. The summed E-state index contributed by atoms with van der Waals surface area (Å²) >= 11 is 5.75. The fourth-order valence-electron chi connectivity index (χ4n) is 1.18. The van der Waals surface area contributed by atoms with Crippen LogP contribution in [0.4, 0.5) is 5.69 Å². The van der Waals surface area contributed by atoms with Gasteiger partial charge in [-0.25, -0.2) is 19.4 Å². The summed E-state index contributed by atoms with van der Waals surface area (Å²) in [6, 6.07) is 3.06. The van der Waals surface area contributed by atoms with Crippen molar-refractivity contribution in [1.82, 2.24) is 19.7 Å². The highest BCUT2D eigenvalue weighted by atomic mass is 35.5. The van der Waals surface area contributed by atoms with Crippen LogP contribution in [-0.4, -0.2) is 32.8 Å². The molecular weight excluding hydrogens is 246 g/mol. The smallest absolute Gasteiger partial charge is 0.377 e. The van der Waals surface area contributed by atoms with Gasteiger partial charge in [0.2, 0.25) is 0 Å². The van der Waals surface area contributed by atoms with Crippen molar-refractivity contribution >= 4 is 23.3 Å². The molecule has 0 unspecified atom stereocenters. The molecule has 2 heterocycles. The number of nitrogens with two attached hydrogens (primary N) is 1. The van der Waals surface area contributed by atoms with Crippen LogP contribution in [0, 0.1) is 0 Å². The van der Waals surface area contributed by atoms with Crippen molar-refractivity contribution in [3.63, 3.8) is 0 Å². The number of pyridine rings is 1. The molecule has 0 saturated heterocycles. The lowest BCUT2D eigenvalue weighted by molar-refractivity contribution is 0.0587. The van der Waals surface area contributed by atoms with Gasteiger partial charge in [0.15, 0.2) is 5.82 Å². The lowest BCUT2D eigenvalue weighted by Crippen LogP contribution is -2.06. The SMILES string of the molecule is COC(=O)c1ncn(-c2cc(N)cc(Cl)n2)n1. The van der Waals surface area contributed by atoms with Crippen LogP contribution in [0.15, 0.2) is 18.5 Å². The Labute approximate surface area is 101 Å². The Kier molecular flexibility index (Phi) is 2.92. The van der Waals surface area contributed by atoms with E-state index in [0.29, 0.717) is 11.5 Å². The lowest BCUT2D eigenvalue weighted by Gasteiger charge is -2.01. The quantitative estimate of drug-likeness (QED) is 0.625. The molecule has 0 aromatic carbocycles. The van der Waals surface area contributed by atoms with Crippen LogP contribution >= 0.6 is 11.6 Å². The van der Waals surface area contributed by atoms with Crippen LogP contribution in [0.25, 0.3) is 5.82 Å². The molecule has 2 aromatic rings. The number of ether oxygens (including phenoxy) is 1. The summed E-state index contributed by atoms with van der Waals surface area (Å²) in [5.74, 6) is -0.316. The fourth-order valence-corrected chi connectivity index (χ4v) is 1.39. The number of carbonyl (C=O) groups is 1. The van der Waals surface area contributed by atoms with Gasteiger partial charge in [-0.2, -0.15) is 0 Å². The predicted octanol–water partition coefficient (Wildman–Crippen LogP) is 0.685. The number of halogens is 1. The topological polar surface area (TPSA) is 95.9 Å². The van der Waals surface area contributed by atoms with Gasteiger partial charge >= 0.3 is 5.97 Å². The molecule has 0 fully saturated rings. The maximum Gasteiger partial charge on any atom is 0.377 e. The van der Waals surface area contributed by atoms with Crippen molar-refractivity contribution in [2.75, 3.05) is 12.8 Å². The largest absolute Gasteiger partial charge is 0.463 e. The molecule has 0 bridgehead atoms. The molecule has 0 saturated carbocycles. The molecule has 0 amide bonds. The average molecular weight is 254 g/mol. The van der Waals surface area contributed by atoms with Crippen molar-refractivity contribution in [2.24, 2.45) is 0 Å². The number of rotatable bonds is 2. The summed E-state index contributed by atoms with van der Waals surface area (Å²) in [6.07, 6.45) is 1.32. The maximum absolute atomic E-state index is 11.2. The van der Waals surface area contributed by atoms with E-state index in [1.165, 1.54) is 24.2 Å². The number of hydrogen-bond acceptors (Lipinski definition) is 6. The van der Waals surface area contributed by atoms with Gasteiger partial charge in [0.05, 0.1) is 7.11 Å². The summed E-state index contributed by atoms with van der Waals surface area (Å²) in [5, 5.41) is 4.12. The van der Waals surface area contributed by atoms with Gasteiger partial charge in [0.1, 0.15) is 11.5 Å². The zero-order valence-corrected chi connectivity index (χ0v) is 9.55. The molecule has 0 spiro atoms. The fraction of sp³-hybridized carbons (Fsp3) is 0.111. The number of hydrogen-bond donors (Lipinski definition) is 1. The molecule has 2 rings (SSSR count). The third-order valence-electron chi connectivity index (χ3n) is 1.90. The summed E-state index contributed by atoms with van der Waals surface area (Å²) in [5.41, 5.74) is 6.05. The van der Waals surface area contributed by atoms with E-state index in [1.54, 1.807) is 6.07 Å². The molecule has 7 nitrogen and oxygen atoms in total. The molecule has 17 heavy (non-hydrogen) atoms. The van der Waals surface area contributed by atoms with Crippen LogP contribution < -0.4 is 5.73 Å². The highest BCUT2D eigenvalue weighted by Gasteiger charge is 2.12. The second-order valence-corrected chi connectivity index (χ2v) is 3.47. The number of carbonyl (C=O) groups excluding carboxylic acids is 1. The predicted molar refractivity (Wildman–Crippen MR) is 59.9 cm³/mol. The van der Waals surface area contributed by atoms with E-state index in [0.717, 1.165) is 0 Å². The molecule has 88 valence electrons. The average Bonchev–Trinajstić information content (AvgIpc) is 2.76. The zero-order chi connectivity index (χ0) is 12.4. The Balaban J connectivity index is 2.40. The summed E-state index contributed by atoms with van der Waals surface area (Å²) in [6.45, 7) is 0. The van der Waals surface area contributed by atoms with Crippen LogP contribution in [-0.2, 0) is 4.74 Å². The van der Waals surface area contributed by atoms with E-state index < -0.39 is 5.97 Å². The second kappa shape index (κ2) is 4.38. The number of methoxy groups -OCH3 is 1. The van der Waals surface area contributed by atoms with E-state index in [-0.39, 0.29) is 11.0 Å². The monoisotopic (exact) mass is 253 g/mol. The van der Waals surface area contributed by atoms with Crippen molar-refractivity contribution in [3.05, 3.63) is 29.4 Å². The first-order valence-electron chi connectivity index (χ1n) is 4.53. The minimum atomic E-state index is -0.626. The first-order chi connectivity index (χ1) is 8.10. The highest BCUT2D eigenvalue weighted by Crippen LogP contribution is 2.14. The molecule has 8 heteroatoms.